The zero-order valence-corrected chi connectivity index (χ0v) is 17.3. The fraction of sp³-hybridized carbons (Fsp3) is 0.222. The summed E-state index contributed by atoms with van der Waals surface area (Å²) < 4.78 is 46.3. The topological polar surface area (TPSA) is 60.1 Å². The van der Waals surface area contributed by atoms with Gasteiger partial charge in [-0.25, -0.2) is 4.68 Å². The Morgan fingerprint density at radius 1 is 1.21 bits per heavy atom. The zero-order chi connectivity index (χ0) is 20.8. The van der Waals surface area contributed by atoms with Crippen molar-refractivity contribution in [1.29, 1.82) is 0 Å². The van der Waals surface area contributed by atoms with E-state index in [1.807, 2.05) is 0 Å². The third-order valence-corrected chi connectivity index (χ3v) is 5.26. The van der Waals surface area contributed by atoms with E-state index in [0.717, 1.165) is 18.2 Å². The molecule has 0 spiro atoms. The summed E-state index contributed by atoms with van der Waals surface area (Å²) in [6, 6.07) is 4.44. The van der Waals surface area contributed by atoms with Crippen LogP contribution in [0.5, 0.6) is 0 Å². The van der Waals surface area contributed by atoms with E-state index in [0.29, 0.717) is 21.7 Å². The van der Waals surface area contributed by atoms with Gasteiger partial charge >= 0.3 is 6.18 Å². The molecule has 0 aliphatic carbocycles. The lowest BCUT2D eigenvalue weighted by Gasteiger charge is -2.13. The number of benzene rings is 1. The van der Waals surface area contributed by atoms with Crippen molar-refractivity contribution in [2.24, 2.45) is 0 Å². The molecule has 2 aromatic heterocycles. The summed E-state index contributed by atoms with van der Waals surface area (Å²) in [5.41, 5.74) is -0.0959. The van der Waals surface area contributed by atoms with Gasteiger partial charge in [-0.05, 0) is 54.9 Å². The number of carbonyl (C=O) groups is 1. The summed E-state index contributed by atoms with van der Waals surface area (Å²) in [5, 5.41) is 6.89. The molecule has 0 saturated heterocycles. The Labute approximate surface area is 171 Å². The Balaban J connectivity index is 2.04. The van der Waals surface area contributed by atoms with Crippen molar-refractivity contribution in [2.75, 3.05) is 5.32 Å². The Hall–Kier alpha value is -2.26. The van der Waals surface area contributed by atoms with E-state index in [-0.39, 0.29) is 22.1 Å². The monoisotopic (exact) mass is 475 g/mol. The average Bonchev–Trinajstić information content (AvgIpc) is 3.05. The van der Waals surface area contributed by atoms with Gasteiger partial charge in [-0.2, -0.15) is 18.3 Å². The summed E-state index contributed by atoms with van der Waals surface area (Å²) >= 11 is 9.41. The van der Waals surface area contributed by atoms with Crippen LogP contribution in [0.2, 0.25) is 5.02 Å². The van der Waals surface area contributed by atoms with Crippen LogP contribution in [0.25, 0.3) is 5.69 Å². The van der Waals surface area contributed by atoms with Gasteiger partial charge in [-0.15, -0.1) is 0 Å². The number of hydrogen-bond donors (Lipinski definition) is 1. The molecule has 148 valence electrons. The van der Waals surface area contributed by atoms with Crippen LogP contribution in [0.3, 0.4) is 0 Å². The Bertz CT molecular complexity index is 1070. The predicted octanol–water partition coefficient (Wildman–Crippen LogP) is 6.08. The standard InChI is InChI=1S/C18H14BrClF3N3O2/c1-8-6-14(24-17(27)15-9(2)28-10(3)16(15)19)26(25-8)13-7-11(18(21,22)23)4-5-12(13)20/h4-7H,1-3H3,(H,24,27). The second kappa shape index (κ2) is 7.29. The molecule has 0 unspecified atom stereocenters. The van der Waals surface area contributed by atoms with Crippen LogP contribution >= 0.6 is 27.5 Å². The molecule has 1 amide bonds. The van der Waals surface area contributed by atoms with Gasteiger partial charge in [0.2, 0.25) is 0 Å². The number of rotatable bonds is 3. The number of carbonyl (C=O) groups excluding carboxylic acids is 1. The number of furan rings is 1. The molecule has 0 atom stereocenters. The van der Waals surface area contributed by atoms with E-state index in [1.54, 1.807) is 20.8 Å². The Kier molecular flexibility index (Phi) is 5.33. The van der Waals surface area contributed by atoms with Crippen LogP contribution in [0.1, 0.15) is 33.1 Å². The van der Waals surface area contributed by atoms with E-state index in [9.17, 15) is 18.0 Å². The maximum absolute atomic E-state index is 13.1. The highest BCUT2D eigenvalue weighted by atomic mass is 79.9. The molecular weight excluding hydrogens is 463 g/mol. The highest BCUT2D eigenvalue weighted by molar-refractivity contribution is 9.10. The first kappa shape index (κ1) is 20.5. The third kappa shape index (κ3) is 3.81. The first-order valence-electron chi connectivity index (χ1n) is 7.99. The maximum Gasteiger partial charge on any atom is 0.416 e. The van der Waals surface area contributed by atoms with Crippen molar-refractivity contribution in [3.8, 4) is 5.69 Å². The Morgan fingerprint density at radius 3 is 2.46 bits per heavy atom. The van der Waals surface area contributed by atoms with E-state index in [2.05, 4.69) is 26.3 Å². The van der Waals surface area contributed by atoms with Crippen LogP contribution in [0.4, 0.5) is 19.0 Å². The highest BCUT2D eigenvalue weighted by Gasteiger charge is 2.31. The lowest BCUT2D eigenvalue weighted by atomic mass is 10.2. The van der Waals surface area contributed by atoms with Gasteiger partial charge in [0, 0.05) is 6.07 Å². The number of aryl methyl sites for hydroxylation is 3. The first-order valence-corrected chi connectivity index (χ1v) is 9.16. The lowest BCUT2D eigenvalue weighted by Crippen LogP contribution is -2.16. The first-order chi connectivity index (χ1) is 13.0. The second-order valence-electron chi connectivity index (χ2n) is 6.10. The van der Waals surface area contributed by atoms with Crippen LogP contribution in [0.15, 0.2) is 33.2 Å². The number of amides is 1. The van der Waals surface area contributed by atoms with Crippen LogP contribution in [0, 0.1) is 20.8 Å². The van der Waals surface area contributed by atoms with Gasteiger partial charge in [-0.3, -0.25) is 4.79 Å². The van der Waals surface area contributed by atoms with Crippen LogP contribution in [-0.2, 0) is 6.18 Å². The number of nitrogens with zero attached hydrogens (tertiary/aromatic N) is 2. The van der Waals surface area contributed by atoms with Crippen LogP contribution < -0.4 is 5.32 Å². The molecular formula is C18H14BrClF3N3O2. The van der Waals surface area contributed by atoms with E-state index < -0.39 is 17.6 Å². The summed E-state index contributed by atoms with van der Waals surface area (Å²) in [5.74, 6) is 0.620. The summed E-state index contributed by atoms with van der Waals surface area (Å²) in [6.45, 7) is 4.99. The van der Waals surface area contributed by atoms with Crippen molar-refractivity contribution >= 4 is 39.3 Å². The summed E-state index contributed by atoms with van der Waals surface area (Å²) in [7, 11) is 0. The number of aromatic nitrogens is 2. The third-order valence-electron chi connectivity index (χ3n) is 3.99. The number of alkyl halides is 3. The molecule has 0 aliphatic heterocycles. The van der Waals surface area contributed by atoms with Crippen LogP contribution in [-0.4, -0.2) is 15.7 Å². The summed E-state index contributed by atoms with van der Waals surface area (Å²) in [6.07, 6.45) is -4.54. The van der Waals surface area contributed by atoms with Gasteiger partial charge in [0.15, 0.2) is 0 Å². The largest absolute Gasteiger partial charge is 0.465 e. The van der Waals surface area contributed by atoms with Crippen molar-refractivity contribution < 1.29 is 22.4 Å². The highest BCUT2D eigenvalue weighted by Crippen LogP contribution is 2.34. The minimum atomic E-state index is -4.54. The molecule has 1 aromatic carbocycles. The molecule has 3 aromatic rings. The zero-order valence-electron chi connectivity index (χ0n) is 14.9. The van der Waals surface area contributed by atoms with E-state index >= 15 is 0 Å². The molecule has 3 rings (SSSR count). The molecule has 10 heteroatoms. The molecule has 0 radical (unpaired) electrons. The number of anilines is 1. The van der Waals surface area contributed by atoms with Gasteiger partial charge in [0.05, 0.1) is 32.0 Å². The number of halogens is 5. The van der Waals surface area contributed by atoms with Crippen molar-refractivity contribution in [3.63, 3.8) is 0 Å². The fourth-order valence-electron chi connectivity index (χ4n) is 2.72. The van der Waals surface area contributed by atoms with Crippen molar-refractivity contribution in [3.05, 3.63) is 62.1 Å². The smallest absolute Gasteiger partial charge is 0.416 e. The fourth-order valence-corrected chi connectivity index (χ4v) is 3.46. The second-order valence-corrected chi connectivity index (χ2v) is 7.30. The SMILES string of the molecule is Cc1cc(NC(=O)c2c(C)oc(C)c2Br)n(-c2cc(C(F)(F)F)ccc2Cl)n1. The molecule has 2 heterocycles. The maximum atomic E-state index is 13.1. The quantitative estimate of drug-likeness (QED) is 0.498. The van der Waals surface area contributed by atoms with Gasteiger partial charge in [-0.1, -0.05) is 11.6 Å². The minimum Gasteiger partial charge on any atom is -0.465 e. The molecule has 0 saturated carbocycles. The molecule has 0 fully saturated rings. The number of nitrogens with one attached hydrogen (secondary N) is 1. The average molecular weight is 477 g/mol. The Morgan fingerprint density at radius 2 is 1.89 bits per heavy atom. The molecule has 0 aliphatic rings. The minimum absolute atomic E-state index is 0.000876. The van der Waals surface area contributed by atoms with E-state index in [1.165, 1.54) is 10.7 Å². The van der Waals surface area contributed by atoms with Gasteiger partial charge < -0.3 is 9.73 Å². The molecule has 28 heavy (non-hydrogen) atoms. The predicted molar refractivity (Wildman–Crippen MR) is 102 cm³/mol. The normalized spacial score (nSPS) is 11.7. The summed E-state index contributed by atoms with van der Waals surface area (Å²) in [4.78, 5) is 12.7. The van der Waals surface area contributed by atoms with Crippen molar-refractivity contribution in [1.82, 2.24) is 9.78 Å². The van der Waals surface area contributed by atoms with E-state index in [4.69, 9.17) is 16.0 Å². The molecule has 0 bridgehead atoms. The van der Waals surface area contributed by atoms with Gasteiger partial charge in [0.1, 0.15) is 17.3 Å². The van der Waals surface area contributed by atoms with Crippen molar-refractivity contribution in [2.45, 2.75) is 26.9 Å². The molecule has 1 N–H and O–H groups in total. The lowest BCUT2D eigenvalue weighted by molar-refractivity contribution is -0.137. The molecule has 5 nitrogen and oxygen atoms in total. The van der Waals surface area contributed by atoms with Gasteiger partial charge in [0.25, 0.3) is 5.91 Å². The number of hydrogen-bond acceptors (Lipinski definition) is 3.